The van der Waals surface area contributed by atoms with Gasteiger partial charge in [-0.05, 0) is 39.2 Å². The summed E-state index contributed by atoms with van der Waals surface area (Å²) >= 11 is 0. The van der Waals surface area contributed by atoms with E-state index in [4.69, 9.17) is 9.47 Å². The van der Waals surface area contributed by atoms with Crippen LogP contribution in [0.1, 0.15) is 290 Å². The van der Waals surface area contributed by atoms with Gasteiger partial charge in [0.05, 0.1) is 30.3 Å². The number of rotatable bonds is 44. The van der Waals surface area contributed by atoms with Crippen molar-refractivity contribution in [2.45, 2.75) is 291 Å². The summed E-state index contributed by atoms with van der Waals surface area (Å²) in [6, 6.07) is 4.13. The number of aryl methyl sites for hydroxylation is 1. The Morgan fingerprint density at radius 3 is 1.08 bits per heavy atom. The van der Waals surface area contributed by atoms with E-state index in [-0.39, 0.29) is 11.9 Å². The number of aromatic nitrogens is 1. The predicted molar refractivity (Wildman–Crippen MR) is 272 cm³/mol. The number of esters is 2. The second kappa shape index (κ2) is 40.6. The van der Waals surface area contributed by atoms with Crippen LogP contribution in [0.25, 0.3) is 0 Å². The van der Waals surface area contributed by atoms with E-state index in [1.165, 1.54) is 212 Å². The van der Waals surface area contributed by atoms with Gasteiger partial charge in [-0.3, -0.25) is 0 Å². The summed E-state index contributed by atoms with van der Waals surface area (Å²) in [5, 5.41) is 3.39. The summed E-state index contributed by atoms with van der Waals surface area (Å²) in [5.74, 6) is -1.22. The Hall–Kier alpha value is -2.63. The third-order valence-corrected chi connectivity index (χ3v) is 13.6. The van der Waals surface area contributed by atoms with Crippen LogP contribution >= 0.6 is 0 Å². The van der Waals surface area contributed by atoms with Crippen molar-refractivity contribution in [3.05, 3.63) is 52.6 Å². The molecule has 1 aliphatic rings. The van der Waals surface area contributed by atoms with E-state index < -0.39 is 5.92 Å². The third-order valence-electron chi connectivity index (χ3n) is 13.6. The van der Waals surface area contributed by atoms with E-state index in [0.717, 1.165) is 55.6 Å². The van der Waals surface area contributed by atoms with E-state index >= 15 is 0 Å². The van der Waals surface area contributed by atoms with Gasteiger partial charge in [-0.2, -0.15) is 0 Å². The zero-order valence-electron chi connectivity index (χ0n) is 43.0. The highest BCUT2D eigenvalue weighted by Crippen LogP contribution is 2.39. The quantitative estimate of drug-likeness (QED) is 0.0402. The summed E-state index contributed by atoms with van der Waals surface area (Å²) in [6.07, 6.45) is 53.4. The highest BCUT2D eigenvalue weighted by Gasteiger charge is 2.39. The fourth-order valence-electron chi connectivity index (χ4n) is 9.58. The van der Waals surface area contributed by atoms with Crippen LogP contribution in [0.15, 0.2) is 47.1 Å². The Kier molecular flexibility index (Phi) is 36.5. The number of unbranched alkanes of at least 4 members (excludes halogenated alkanes) is 35. The van der Waals surface area contributed by atoms with Crippen molar-refractivity contribution in [2.24, 2.45) is 0 Å². The molecule has 6 nitrogen and oxygen atoms in total. The van der Waals surface area contributed by atoms with E-state index in [1.807, 2.05) is 13.8 Å². The molecule has 0 amide bonds. The summed E-state index contributed by atoms with van der Waals surface area (Å²) in [5.41, 5.74) is 3.49. The first kappa shape index (κ1) is 57.5. The summed E-state index contributed by atoms with van der Waals surface area (Å²) in [6.45, 7) is 12.4. The minimum Gasteiger partial charge on any atom is -0.462 e. The maximum absolute atomic E-state index is 14.1. The minimum absolute atomic E-state index is 0.334. The van der Waals surface area contributed by atoms with Crippen molar-refractivity contribution >= 4 is 11.9 Å². The van der Waals surface area contributed by atoms with E-state index in [1.54, 1.807) is 0 Å². The van der Waals surface area contributed by atoms with Crippen molar-refractivity contribution in [2.75, 3.05) is 13.2 Å². The third kappa shape index (κ3) is 27.8. The summed E-state index contributed by atoms with van der Waals surface area (Å²) in [7, 11) is 0. The van der Waals surface area contributed by atoms with Crippen LogP contribution < -0.4 is 9.88 Å². The van der Waals surface area contributed by atoms with Gasteiger partial charge in [-0.25, -0.2) is 14.2 Å². The molecule has 64 heavy (non-hydrogen) atoms. The average Bonchev–Trinajstić information content (AvgIpc) is 3.29. The average molecular weight is 892 g/mol. The highest BCUT2D eigenvalue weighted by atomic mass is 16.5. The molecule has 2 rings (SSSR count). The van der Waals surface area contributed by atoms with Gasteiger partial charge in [0, 0.05) is 29.4 Å². The largest absolute Gasteiger partial charge is 0.462 e. The molecule has 0 saturated heterocycles. The van der Waals surface area contributed by atoms with Crippen molar-refractivity contribution in [1.29, 1.82) is 0 Å². The molecule has 0 aliphatic carbocycles. The molecule has 1 aliphatic heterocycles. The first-order valence-electron chi connectivity index (χ1n) is 28.0. The maximum Gasteiger partial charge on any atom is 0.336 e. The lowest BCUT2D eigenvalue weighted by Crippen LogP contribution is -2.36. The van der Waals surface area contributed by atoms with Gasteiger partial charge in [0.25, 0.3) is 0 Å². The molecule has 1 aromatic rings. The number of allylic oxidation sites excluding steroid dienone is 2. The van der Waals surface area contributed by atoms with Crippen molar-refractivity contribution in [3.63, 3.8) is 0 Å². The van der Waals surface area contributed by atoms with Gasteiger partial charge >= 0.3 is 11.9 Å². The number of nitrogens with zero attached hydrogens (tertiary/aromatic N) is 1. The molecular weight excluding hydrogens is 789 g/mol. The Morgan fingerprint density at radius 2 is 0.750 bits per heavy atom. The lowest BCUT2D eigenvalue weighted by atomic mass is 9.81. The van der Waals surface area contributed by atoms with Gasteiger partial charge in [0.2, 0.25) is 0 Å². The molecule has 2 heterocycles. The smallest absolute Gasteiger partial charge is 0.336 e. The number of hydrogen-bond acceptors (Lipinski definition) is 5. The number of hydrogen-bond donors (Lipinski definition) is 1. The predicted octanol–water partition coefficient (Wildman–Crippen LogP) is 17.2. The van der Waals surface area contributed by atoms with Crippen molar-refractivity contribution in [3.8, 4) is 0 Å². The first-order chi connectivity index (χ1) is 31.4. The highest BCUT2D eigenvalue weighted by molar-refractivity contribution is 5.99. The van der Waals surface area contributed by atoms with Gasteiger partial charge in [-0.1, -0.05) is 239 Å². The van der Waals surface area contributed by atoms with E-state index in [0.29, 0.717) is 24.4 Å². The maximum atomic E-state index is 14.1. The number of nitrogens with one attached hydrogen (secondary N) is 1. The second-order valence-electron chi connectivity index (χ2n) is 19.7. The SMILES string of the molecule is CCCCCCCCCCCCCCCC[n+]1cccc(C2C(C(=O)OCCCCCCCCCCCCCC)=C(C)NC(C)=C2C(=O)OCCCCCCCCCCCCCC)c1. The van der Waals surface area contributed by atoms with E-state index in [2.05, 4.69) is 55.2 Å². The molecular formula is C58H103N2O4+. The Balaban J connectivity index is 1.93. The fraction of sp³-hybridized carbons (Fsp3) is 0.810. The fourth-order valence-corrected chi connectivity index (χ4v) is 9.58. The van der Waals surface area contributed by atoms with Crippen molar-refractivity contribution < 1.29 is 23.6 Å². The van der Waals surface area contributed by atoms with Gasteiger partial charge in [-0.15, -0.1) is 0 Å². The molecule has 0 saturated carbocycles. The normalized spacial score (nSPS) is 13.2. The molecule has 368 valence electrons. The summed E-state index contributed by atoms with van der Waals surface area (Å²) in [4.78, 5) is 28.1. The van der Waals surface area contributed by atoms with E-state index in [9.17, 15) is 9.59 Å². The van der Waals surface area contributed by atoms with Gasteiger partial charge < -0.3 is 14.8 Å². The zero-order valence-corrected chi connectivity index (χ0v) is 43.0. The van der Waals surface area contributed by atoms with Crippen LogP contribution in [0.5, 0.6) is 0 Å². The Morgan fingerprint density at radius 1 is 0.453 bits per heavy atom. The van der Waals surface area contributed by atoms with Crippen LogP contribution in [0.2, 0.25) is 0 Å². The Labute approximate surface area is 396 Å². The van der Waals surface area contributed by atoms with Crippen LogP contribution in [0.3, 0.4) is 0 Å². The van der Waals surface area contributed by atoms with Crippen LogP contribution in [0.4, 0.5) is 0 Å². The molecule has 0 aromatic carbocycles. The van der Waals surface area contributed by atoms with Crippen LogP contribution in [-0.2, 0) is 25.6 Å². The number of carbonyl (C=O) groups is 2. The number of dihydropyridines is 1. The number of ether oxygens (including phenoxy) is 2. The lowest BCUT2D eigenvalue weighted by Gasteiger charge is -2.30. The standard InChI is InChI=1S/C58H102N2O4/c1-6-9-12-15-18-21-24-27-28-29-32-35-38-41-46-60-47-44-45-53(50-60)56-54(57(61)63-48-42-39-36-33-30-25-22-19-16-13-10-7-2)51(4)59-52(5)55(56)58(62)64-49-43-40-37-34-31-26-23-20-17-14-11-8-3/h44-45,47,50,56H,6-43,46,48-49H2,1-5H3/p+1. The summed E-state index contributed by atoms with van der Waals surface area (Å²) < 4.78 is 14.3. The number of carbonyl (C=O) groups excluding carboxylic acids is 2. The number of pyridine rings is 1. The van der Waals surface area contributed by atoms with Crippen LogP contribution in [-0.4, -0.2) is 25.2 Å². The first-order valence-corrected chi connectivity index (χ1v) is 28.0. The second-order valence-corrected chi connectivity index (χ2v) is 19.7. The van der Waals surface area contributed by atoms with Crippen molar-refractivity contribution in [1.82, 2.24) is 5.32 Å². The zero-order chi connectivity index (χ0) is 46.1. The lowest BCUT2D eigenvalue weighted by molar-refractivity contribution is -0.697. The molecule has 0 bridgehead atoms. The van der Waals surface area contributed by atoms with Gasteiger partial charge in [0.1, 0.15) is 6.54 Å². The topological polar surface area (TPSA) is 68.5 Å². The minimum atomic E-state index is -0.547. The molecule has 1 N–H and O–H groups in total. The molecule has 1 aromatic heterocycles. The van der Waals surface area contributed by atoms with Gasteiger partial charge in [0.15, 0.2) is 12.4 Å². The molecule has 0 radical (unpaired) electrons. The molecule has 0 unspecified atom stereocenters. The molecule has 6 heteroatoms. The molecule has 0 spiro atoms. The Bertz CT molecular complexity index is 1300. The molecule has 0 atom stereocenters. The molecule has 0 fully saturated rings. The van der Waals surface area contributed by atoms with Crippen LogP contribution in [0, 0.1) is 0 Å². The monoisotopic (exact) mass is 892 g/mol.